The zero-order valence-electron chi connectivity index (χ0n) is 10.6. The molecule has 0 aromatic carbocycles. The molecule has 1 aliphatic rings. The van der Waals surface area contributed by atoms with E-state index >= 15 is 0 Å². The minimum atomic E-state index is 0.247. The summed E-state index contributed by atoms with van der Waals surface area (Å²) < 4.78 is 0. The summed E-state index contributed by atoms with van der Waals surface area (Å²) in [6.45, 7) is 4.02. The molecule has 1 aromatic heterocycles. The van der Waals surface area contributed by atoms with Crippen molar-refractivity contribution in [1.82, 2.24) is 4.90 Å². The van der Waals surface area contributed by atoms with Crippen LogP contribution >= 0.6 is 11.3 Å². The third-order valence-corrected chi connectivity index (χ3v) is 4.58. The lowest BCUT2D eigenvalue weighted by atomic mass is 10.1. The van der Waals surface area contributed by atoms with Gasteiger partial charge in [-0.25, -0.2) is 0 Å². The highest BCUT2D eigenvalue weighted by Gasteiger charge is 2.17. The highest BCUT2D eigenvalue weighted by molar-refractivity contribution is 7.14. The number of amides is 1. The maximum atomic E-state index is 12.3. The Kier molecular flexibility index (Phi) is 4.60. The summed E-state index contributed by atoms with van der Waals surface area (Å²) in [4.78, 5) is 16.6. The van der Waals surface area contributed by atoms with E-state index < -0.39 is 0 Å². The number of hydrogen-bond donors (Lipinski definition) is 0. The van der Waals surface area contributed by atoms with Gasteiger partial charge in [0, 0.05) is 18.0 Å². The molecule has 2 rings (SSSR count). The van der Waals surface area contributed by atoms with Gasteiger partial charge < -0.3 is 4.90 Å². The van der Waals surface area contributed by atoms with E-state index in [1.807, 2.05) is 11.0 Å². The summed E-state index contributed by atoms with van der Waals surface area (Å²) in [5, 5.41) is 0. The molecule has 17 heavy (non-hydrogen) atoms. The smallest absolute Gasteiger partial charge is 0.263 e. The summed E-state index contributed by atoms with van der Waals surface area (Å²) in [7, 11) is 0. The van der Waals surface area contributed by atoms with Crippen molar-refractivity contribution in [1.29, 1.82) is 0 Å². The molecule has 1 fully saturated rings. The lowest BCUT2D eigenvalue weighted by molar-refractivity contribution is 0.0747. The minimum Gasteiger partial charge on any atom is -0.338 e. The normalized spacial score (nSPS) is 17.6. The first-order valence-corrected chi connectivity index (χ1v) is 7.51. The van der Waals surface area contributed by atoms with E-state index in [1.165, 1.54) is 24.1 Å². The molecule has 0 N–H and O–H groups in total. The second-order valence-electron chi connectivity index (χ2n) is 4.68. The minimum absolute atomic E-state index is 0.247. The summed E-state index contributed by atoms with van der Waals surface area (Å²) >= 11 is 1.66. The van der Waals surface area contributed by atoms with Crippen molar-refractivity contribution in [2.24, 2.45) is 0 Å². The zero-order valence-corrected chi connectivity index (χ0v) is 11.4. The molecule has 0 aliphatic carbocycles. The fraction of sp³-hybridized carbons (Fsp3) is 0.643. The van der Waals surface area contributed by atoms with Crippen LogP contribution in [-0.4, -0.2) is 23.9 Å². The highest BCUT2D eigenvalue weighted by atomic mass is 32.1. The molecule has 0 radical (unpaired) electrons. The van der Waals surface area contributed by atoms with Gasteiger partial charge in [-0.3, -0.25) is 4.79 Å². The molecule has 0 spiro atoms. The van der Waals surface area contributed by atoms with Crippen LogP contribution in [-0.2, 0) is 6.42 Å². The van der Waals surface area contributed by atoms with Crippen LogP contribution in [0.1, 0.15) is 53.6 Å². The van der Waals surface area contributed by atoms with Crippen molar-refractivity contribution in [2.75, 3.05) is 13.1 Å². The van der Waals surface area contributed by atoms with Crippen LogP contribution in [0.4, 0.5) is 0 Å². The van der Waals surface area contributed by atoms with E-state index in [0.29, 0.717) is 0 Å². The van der Waals surface area contributed by atoms with Crippen LogP contribution in [0.3, 0.4) is 0 Å². The molecule has 1 aromatic rings. The van der Waals surface area contributed by atoms with Crippen LogP contribution in [0.15, 0.2) is 12.1 Å². The topological polar surface area (TPSA) is 20.3 Å². The lowest BCUT2D eigenvalue weighted by Gasteiger charge is -2.24. The number of likely N-dealkylation sites (tertiary alicyclic amines) is 1. The van der Waals surface area contributed by atoms with Gasteiger partial charge in [-0.05, 0) is 31.4 Å². The average Bonchev–Trinajstić information content (AvgIpc) is 2.76. The second-order valence-corrected chi connectivity index (χ2v) is 5.85. The molecule has 1 saturated heterocycles. The summed E-state index contributed by atoms with van der Waals surface area (Å²) in [5.41, 5.74) is 0. The van der Waals surface area contributed by atoms with Gasteiger partial charge in [0.15, 0.2) is 0 Å². The largest absolute Gasteiger partial charge is 0.338 e. The van der Waals surface area contributed by atoms with Crippen molar-refractivity contribution in [2.45, 2.75) is 45.4 Å². The number of hydrogen-bond acceptors (Lipinski definition) is 2. The lowest BCUT2D eigenvalue weighted by Crippen LogP contribution is -2.33. The van der Waals surface area contributed by atoms with Gasteiger partial charge in [-0.2, -0.15) is 0 Å². The quantitative estimate of drug-likeness (QED) is 0.784. The average molecular weight is 251 g/mol. The molecule has 2 heterocycles. The van der Waals surface area contributed by atoms with Gasteiger partial charge in [-0.15, -0.1) is 11.3 Å². The van der Waals surface area contributed by atoms with Crippen LogP contribution in [0.5, 0.6) is 0 Å². The third-order valence-electron chi connectivity index (χ3n) is 3.36. The molecule has 0 bridgehead atoms. The molecule has 0 atom stereocenters. The molecule has 3 heteroatoms. The maximum absolute atomic E-state index is 12.3. The second kappa shape index (κ2) is 6.20. The predicted octanol–water partition coefficient (Wildman–Crippen LogP) is 3.72. The van der Waals surface area contributed by atoms with Crippen LogP contribution < -0.4 is 0 Å². The number of nitrogens with zero attached hydrogens (tertiary/aromatic N) is 1. The highest BCUT2D eigenvalue weighted by Crippen LogP contribution is 2.20. The Balaban J connectivity index is 2.01. The summed E-state index contributed by atoms with van der Waals surface area (Å²) in [6.07, 6.45) is 7.23. The Morgan fingerprint density at radius 3 is 2.41 bits per heavy atom. The van der Waals surface area contributed by atoms with Crippen molar-refractivity contribution >= 4 is 17.2 Å². The van der Waals surface area contributed by atoms with E-state index in [-0.39, 0.29) is 5.91 Å². The van der Waals surface area contributed by atoms with E-state index in [4.69, 9.17) is 0 Å². The van der Waals surface area contributed by atoms with Crippen LogP contribution in [0, 0.1) is 0 Å². The maximum Gasteiger partial charge on any atom is 0.263 e. The van der Waals surface area contributed by atoms with Gasteiger partial charge in [0.25, 0.3) is 5.91 Å². The van der Waals surface area contributed by atoms with Crippen LogP contribution in [0.2, 0.25) is 0 Å². The molecule has 0 unspecified atom stereocenters. The summed E-state index contributed by atoms with van der Waals surface area (Å²) in [5.74, 6) is 0.247. The first-order valence-electron chi connectivity index (χ1n) is 6.69. The van der Waals surface area contributed by atoms with Crippen LogP contribution in [0.25, 0.3) is 0 Å². The van der Waals surface area contributed by atoms with Crippen molar-refractivity contribution < 1.29 is 4.79 Å². The standard InChI is InChI=1S/C14H21NOS/c1-2-12-8-9-13(17-12)14(16)15-10-6-4-3-5-7-11-15/h8-9H,2-7,10-11H2,1H3. The monoisotopic (exact) mass is 251 g/mol. The van der Waals surface area contributed by atoms with Gasteiger partial charge in [0.05, 0.1) is 4.88 Å². The Bertz CT molecular complexity index is 364. The Hall–Kier alpha value is -0.830. The fourth-order valence-electron chi connectivity index (χ4n) is 2.29. The number of aryl methyl sites for hydroxylation is 1. The van der Waals surface area contributed by atoms with Gasteiger partial charge in [0.2, 0.25) is 0 Å². The fourth-order valence-corrected chi connectivity index (χ4v) is 3.20. The number of carbonyl (C=O) groups excluding carboxylic acids is 1. The number of rotatable bonds is 2. The van der Waals surface area contributed by atoms with E-state index in [2.05, 4.69) is 13.0 Å². The molecule has 94 valence electrons. The first-order chi connectivity index (χ1) is 8.31. The molecule has 2 nitrogen and oxygen atoms in total. The molecule has 1 aliphatic heterocycles. The van der Waals surface area contributed by atoms with Gasteiger partial charge in [-0.1, -0.05) is 26.2 Å². The van der Waals surface area contributed by atoms with Gasteiger partial charge >= 0.3 is 0 Å². The van der Waals surface area contributed by atoms with Crippen molar-refractivity contribution in [3.63, 3.8) is 0 Å². The van der Waals surface area contributed by atoms with E-state index in [0.717, 1.165) is 37.2 Å². The van der Waals surface area contributed by atoms with E-state index in [9.17, 15) is 4.79 Å². The molecular weight excluding hydrogens is 230 g/mol. The third kappa shape index (κ3) is 3.32. The Morgan fingerprint density at radius 2 is 1.82 bits per heavy atom. The number of carbonyl (C=O) groups is 1. The first kappa shape index (κ1) is 12.6. The van der Waals surface area contributed by atoms with Crippen molar-refractivity contribution in [3.8, 4) is 0 Å². The predicted molar refractivity (Wildman–Crippen MR) is 72.7 cm³/mol. The van der Waals surface area contributed by atoms with Crippen molar-refractivity contribution in [3.05, 3.63) is 21.9 Å². The SMILES string of the molecule is CCc1ccc(C(=O)N2CCCCCCC2)s1. The van der Waals surface area contributed by atoms with Gasteiger partial charge in [0.1, 0.15) is 0 Å². The molecule has 1 amide bonds. The summed E-state index contributed by atoms with van der Waals surface area (Å²) in [6, 6.07) is 4.08. The van der Waals surface area contributed by atoms with E-state index in [1.54, 1.807) is 11.3 Å². The Morgan fingerprint density at radius 1 is 1.18 bits per heavy atom. The molecular formula is C14H21NOS. The molecule has 0 saturated carbocycles. The zero-order chi connectivity index (χ0) is 12.1. The number of thiophene rings is 1. The Labute approximate surface area is 108 Å².